The number of halogens is 15. The highest BCUT2D eigenvalue weighted by Gasteiger charge is 2.80. The van der Waals surface area contributed by atoms with E-state index in [2.05, 4.69) is 0 Å². The second-order valence-electron chi connectivity index (χ2n) is 6.99. The van der Waals surface area contributed by atoms with Gasteiger partial charge in [0.1, 0.15) is 0 Å². The third-order valence-corrected chi connectivity index (χ3v) is 5.09. The van der Waals surface area contributed by atoms with Gasteiger partial charge in [0.05, 0.1) is 15.6 Å². The van der Waals surface area contributed by atoms with E-state index in [9.17, 15) is 61.9 Å². The summed E-state index contributed by atoms with van der Waals surface area (Å²) in [5.74, 6) is -14.7. The topological polar surface area (TPSA) is 47.6 Å². The maximum atomic E-state index is 14.4. The predicted molar refractivity (Wildman–Crippen MR) is 103 cm³/mol. The lowest BCUT2D eigenvalue weighted by Crippen LogP contribution is -2.61. The van der Waals surface area contributed by atoms with E-state index in [4.69, 9.17) is 23.2 Å². The Bertz CT molecular complexity index is 1190. The number of amides is 1. The second kappa shape index (κ2) is 10.2. The van der Waals surface area contributed by atoms with Gasteiger partial charge in [-0.2, -0.15) is 43.9 Å². The van der Waals surface area contributed by atoms with E-state index in [1.165, 1.54) is 16.9 Å². The molecule has 0 heterocycles. The lowest BCUT2D eigenvalue weighted by atomic mass is 10.1. The van der Waals surface area contributed by atoms with Gasteiger partial charge in [-0.15, -0.1) is 13.2 Å². The number of hydrogen-bond donors (Lipinski definition) is 1. The van der Waals surface area contributed by atoms with E-state index in [-0.39, 0.29) is 27.7 Å². The van der Waals surface area contributed by atoms with E-state index < -0.39 is 53.7 Å². The Labute approximate surface area is 212 Å². The first-order chi connectivity index (χ1) is 17.0. The zero-order valence-electron chi connectivity index (χ0n) is 17.4. The molecule has 1 N–H and O–H groups in total. The molecule has 0 spiro atoms. The minimum atomic E-state index is -7.54. The van der Waals surface area contributed by atoms with Gasteiger partial charge < -0.3 is 5.32 Å². The van der Waals surface area contributed by atoms with Gasteiger partial charge in [-0.1, -0.05) is 41.4 Å². The number of hydrogen-bond acceptors (Lipinski definition) is 3. The van der Waals surface area contributed by atoms with Crippen LogP contribution in [0.5, 0.6) is 0 Å². The van der Waals surface area contributed by atoms with Gasteiger partial charge in [-0.05, 0) is 24.3 Å². The third kappa shape index (κ3) is 6.38. The fourth-order valence-corrected chi connectivity index (χ4v) is 2.89. The highest BCUT2D eigenvalue weighted by molar-refractivity contribution is 6.44. The molecule has 2 aromatic rings. The average molecular weight is 616 g/mol. The fraction of sp³-hybridized carbons (Fsp3) is 0.316. The largest absolute Gasteiger partial charge is 0.527 e. The molecule has 19 heteroatoms. The Hall–Kier alpha value is -2.50. The van der Waals surface area contributed by atoms with E-state index in [1.807, 2.05) is 10.1 Å². The van der Waals surface area contributed by atoms with Crippen LogP contribution in [0.25, 0.3) is 0 Å². The number of carbonyl (C=O) groups is 1. The molecule has 0 fully saturated rings. The van der Waals surface area contributed by atoms with Crippen LogP contribution >= 0.6 is 23.2 Å². The van der Waals surface area contributed by atoms with Crippen LogP contribution < -0.4 is 5.32 Å². The number of alkyl halides is 13. The molecule has 0 saturated carbocycles. The van der Waals surface area contributed by atoms with Gasteiger partial charge in [0, 0.05) is 11.3 Å². The van der Waals surface area contributed by atoms with Crippen LogP contribution in [0.1, 0.15) is 15.9 Å². The van der Waals surface area contributed by atoms with Crippen molar-refractivity contribution in [2.24, 2.45) is 0 Å². The van der Waals surface area contributed by atoms with Crippen molar-refractivity contribution in [3.8, 4) is 0 Å². The van der Waals surface area contributed by atoms with Gasteiger partial charge in [0.15, 0.2) is 0 Å². The monoisotopic (exact) mass is 615 g/mol. The minimum Gasteiger partial charge on any atom is -0.322 e. The summed E-state index contributed by atoms with van der Waals surface area (Å²) in [6.07, 6.45) is -28.0. The third-order valence-electron chi connectivity index (χ3n) is 4.28. The van der Waals surface area contributed by atoms with Gasteiger partial charge in [-0.25, -0.2) is 9.47 Å². The van der Waals surface area contributed by atoms with Crippen LogP contribution in [0, 0.1) is 0 Å². The predicted octanol–water partition coefficient (Wildman–Crippen LogP) is 8.30. The van der Waals surface area contributed by atoms with E-state index >= 15 is 0 Å². The second-order valence-corrected chi connectivity index (χ2v) is 7.77. The van der Waals surface area contributed by atoms with E-state index in [0.717, 1.165) is 12.1 Å². The number of anilines is 1. The van der Waals surface area contributed by atoms with Crippen molar-refractivity contribution in [2.75, 3.05) is 5.32 Å². The molecule has 1 amide bonds. The summed E-state index contributed by atoms with van der Waals surface area (Å²) in [7, 11) is 0. The normalized spacial score (nSPS) is 14.0. The lowest BCUT2D eigenvalue weighted by molar-refractivity contribution is -0.535. The number of nitrogens with one attached hydrogen (secondary N) is 1. The highest BCUT2D eigenvalue weighted by Crippen LogP contribution is 2.54. The number of benzene rings is 2. The molecule has 0 radical (unpaired) electrons. The maximum Gasteiger partial charge on any atom is 0.527 e. The van der Waals surface area contributed by atoms with Crippen molar-refractivity contribution in [1.82, 2.24) is 0 Å². The Morgan fingerprint density at radius 2 is 1.24 bits per heavy atom. The molecule has 4 nitrogen and oxygen atoms in total. The zero-order chi connectivity index (χ0) is 29.5. The summed E-state index contributed by atoms with van der Waals surface area (Å²) in [4.78, 5) is 12.3. The van der Waals surface area contributed by atoms with Gasteiger partial charge in [-0.3, -0.25) is 4.79 Å². The quantitative estimate of drug-likeness (QED) is 0.289. The van der Waals surface area contributed by atoms with Crippen LogP contribution in [0.3, 0.4) is 0 Å². The molecular formula is C19H8Cl2F13NO3. The first kappa shape index (κ1) is 31.7. The van der Waals surface area contributed by atoms with Crippen LogP contribution in [0.2, 0.25) is 10.0 Å². The van der Waals surface area contributed by atoms with Crippen molar-refractivity contribution in [2.45, 2.75) is 36.5 Å². The summed E-state index contributed by atoms with van der Waals surface area (Å²) in [6.45, 7) is 0. The van der Waals surface area contributed by atoms with Gasteiger partial charge in [0.25, 0.3) is 5.91 Å². The maximum absolute atomic E-state index is 14.4. The number of rotatable bonds is 9. The summed E-state index contributed by atoms with van der Waals surface area (Å²) in [6, 6.07) is 5.10. The van der Waals surface area contributed by atoms with Crippen LogP contribution in [0.15, 0.2) is 42.5 Å². The molecule has 0 aliphatic heterocycles. The molecule has 0 aliphatic rings. The van der Waals surface area contributed by atoms with E-state index in [1.54, 1.807) is 0 Å². The molecule has 2 rings (SSSR count). The van der Waals surface area contributed by atoms with E-state index in [0.29, 0.717) is 6.07 Å². The highest BCUT2D eigenvalue weighted by atomic mass is 35.5. The SMILES string of the molecule is O=C(Nc1cccc(C(F)(F)C(F)(F)OC(F)(F)C(F)(F)C(F)(F)OC(F)(F)F)c1)c1cccc(Cl)c1Cl. The number of carbonyl (C=O) groups excluding carboxylic acids is 1. The first-order valence-electron chi connectivity index (χ1n) is 9.17. The Kier molecular flexibility index (Phi) is 8.54. The van der Waals surface area contributed by atoms with Gasteiger partial charge >= 0.3 is 36.5 Å². The standard InChI is InChI=1S/C19H8Cl2F13NO3/c20-11-6-2-5-10(12(11)21)13(36)35-9-4-1-3-8(7-9)14(22,23)16(26,27)37-17(28,29)15(24,25)18(30,31)38-19(32,33)34/h1-7H,(H,35,36). The summed E-state index contributed by atoms with van der Waals surface area (Å²) < 4.78 is 176. The smallest absolute Gasteiger partial charge is 0.322 e. The Morgan fingerprint density at radius 1 is 0.711 bits per heavy atom. The van der Waals surface area contributed by atoms with Gasteiger partial charge in [0.2, 0.25) is 0 Å². The first-order valence-corrected chi connectivity index (χ1v) is 9.93. The molecule has 0 atom stereocenters. The molecule has 38 heavy (non-hydrogen) atoms. The van der Waals surface area contributed by atoms with Crippen molar-refractivity contribution in [1.29, 1.82) is 0 Å². The molecule has 0 saturated heterocycles. The van der Waals surface area contributed by atoms with Crippen LogP contribution in [0.4, 0.5) is 62.8 Å². The minimum absolute atomic E-state index is 0.0330. The molecule has 0 aliphatic carbocycles. The number of ether oxygens (including phenoxy) is 2. The Balaban J connectivity index is 2.36. The van der Waals surface area contributed by atoms with Crippen molar-refractivity contribution in [3.63, 3.8) is 0 Å². The van der Waals surface area contributed by atoms with Crippen LogP contribution in [-0.4, -0.2) is 36.5 Å². The average Bonchev–Trinajstić information content (AvgIpc) is 2.73. The van der Waals surface area contributed by atoms with Crippen LogP contribution in [-0.2, 0) is 15.4 Å². The van der Waals surface area contributed by atoms with Crippen molar-refractivity contribution in [3.05, 3.63) is 63.6 Å². The molecule has 2 aromatic carbocycles. The lowest BCUT2D eigenvalue weighted by Gasteiger charge is -2.35. The molecule has 0 unspecified atom stereocenters. The Morgan fingerprint density at radius 3 is 1.79 bits per heavy atom. The summed E-state index contributed by atoms with van der Waals surface area (Å²) >= 11 is 11.5. The molecule has 212 valence electrons. The van der Waals surface area contributed by atoms with Crippen molar-refractivity contribution < 1.29 is 71.3 Å². The van der Waals surface area contributed by atoms with Crippen molar-refractivity contribution >= 4 is 34.8 Å². The fourth-order valence-electron chi connectivity index (χ4n) is 2.51. The summed E-state index contributed by atoms with van der Waals surface area (Å²) in [5.41, 5.74) is -3.05. The molecule has 0 bridgehead atoms. The molecular weight excluding hydrogens is 608 g/mol. The molecule has 0 aromatic heterocycles. The zero-order valence-corrected chi connectivity index (χ0v) is 18.9. The summed E-state index contributed by atoms with van der Waals surface area (Å²) in [5, 5.41) is 1.47.